The molecule has 0 bridgehead atoms. The van der Waals surface area contributed by atoms with Gasteiger partial charge in [-0.2, -0.15) is 4.98 Å². The van der Waals surface area contributed by atoms with Gasteiger partial charge in [-0.1, -0.05) is 0 Å². The molecule has 0 radical (unpaired) electrons. The number of aryl methyl sites for hydroxylation is 1. The second-order valence-corrected chi connectivity index (χ2v) is 3.55. The molecular formula is C9H13N5O3. The first kappa shape index (κ1) is 11.4. The van der Waals surface area contributed by atoms with Crippen molar-refractivity contribution in [3.8, 4) is 0 Å². The Hall–Kier alpha value is -2.09. The van der Waals surface area contributed by atoms with Crippen LogP contribution in [-0.4, -0.2) is 37.9 Å². The van der Waals surface area contributed by atoms with Crippen molar-refractivity contribution in [3.63, 3.8) is 0 Å². The first-order valence-electron chi connectivity index (χ1n) is 5.08. The third-order valence-corrected chi connectivity index (χ3v) is 2.55. The highest BCUT2D eigenvalue weighted by atomic mass is 16.3. The van der Waals surface area contributed by atoms with E-state index in [4.69, 9.17) is 5.11 Å². The molecule has 0 amide bonds. The van der Waals surface area contributed by atoms with Crippen molar-refractivity contribution in [2.75, 3.05) is 19.0 Å². The zero-order valence-electron chi connectivity index (χ0n) is 9.52. The number of anilines is 1. The van der Waals surface area contributed by atoms with Crippen LogP contribution >= 0.6 is 0 Å². The van der Waals surface area contributed by atoms with E-state index in [1.54, 1.807) is 7.05 Å². The van der Waals surface area contributed by atoms with Gasteiger partial charge in [0.25, 0.3) is 5.56 Å². The lowest BCUT2D eigenvalue weighted by Crippen LogP contribution is -2.29. The van der Waals surface area contributed by atoms with Gasteiger partial charge in [0, 0.05) is 20.6 Å². The molecule has 92 valence electrons. The lowest BCUT2D eigenvalue weighted by molar-refractivity contribution is 0.278. The second-order valence-electron chi connectivity index (χ2n) is 3.55. The van der Waals surface area contributed by atoms with Gasteiger partial charge in [-0.3, -0.25) is 14.3 Å². The molecule has 17 heavy (non-hydrogen) atoms. The van der Waals surface area contributed by atoms with E-state index in [-0.39, 0.29) is 24.3 Å². The highest BCUT2D eigenvalue weighted by Gasteiger charge is 2.15. The Kier molecular flexibility index (Phi) is 2.72. The van der Waals surface area contributed by atoms with Gasteiger partial charge < -0.3 is 15.0 Å². The van der Waals surface area contributed by atoms with Crippen molar-refractivity contribution in [1.82, 2.24) is 19.1 Å². The fourth-order valence-electron chi connectivity index (χ4n) is 1.74. The summed E-state index contributed by atoms with van der Waals surface area (Å²) in [6.07, 6.45) is 0. The van der Waals surface area contributed by atoms with Gasteiger partial charge in [-0.05, 0) is 0 Å². The van der Waals surface area contributed by atoms with Gasteiger partial charge >= 0.3 is 5.69 Å². The number of aromatic nitrogens is 4. The molecule has 0 saturated carbocycles. The summed E-state index contributed by atoms with van der Waals surface area (Å²) in [7, 11) is 3.18. The fraction of sp³-hybridized carbons (Fsp3) is 0.444. The van der Waals surface area contributed by atoms with E-state index in [9.17, 15) is 9.59 Å². The van der Waals surface area contributed by atoms with Crippen molar-refractivity contribution in [2.45, 2.75) is 6.54 Å². The standard InChI is InChI=1S/C9H13N5O3/c1-10-8-11-6-5(14(8)3-4-15)7(16)12-9(17)13(6)2/h15H,3-4H2,1-2H3,(H,10,11)(H,12,16,17). The maximum Gasteiger partial charge on any atom is 0.329 e. The van der Waals surface area contributed by atoms with E-state index in [0.29, 0.717) is 5.95 Å². The summed E-state index contributed by atoms with van der Waals surface area (Å²) in [6, 6.07) is 0. The molecule has 2 aromatic heterocycles. The Morgan fingerprint density at radius 2 is 2.18 bits per heavy atom. The van der Waals surface area contributed by atoms with Crippen LogP contribution < -0.4 is 16.6 Å². The Labute approximate surface area is 95.5 Å². The van der Waals surface area contributed by atoms with Crippen molar-refractivity contribution in [3.05, 3.63) is 20.8 Å². The molecule has 0 aliphatic carbocycles. The maximum absolute atomic E-state index is 11.7. The monoisotopic (exact) mass is 239 g/mol. The Balaban J connectivity index is 2.92. The van der Waals surface area contributed by atoms with Crippen LogP contribution in [0.4, 0.5) is 5.95 Å². The predicted octanol–water partition coefficient (Wildman–Crippen LogP) is -1.54. The van der Waals surface area contributed by atoms with Crippen molar-refractivity contribution >= 4 is 17.1 Å². The summed E-state index contributed by atoms with van der Waals surface area (Å²) >= 11 is 0. The maximum atomic E-state index is 11.7. The summed E-state index contributed by atoms with van der Waals surface area (Å²) in [5, 5.41) is 11.8. The van der Waals surface area contributed by atoms with E-state index in [2.05, 4.69) is 15.3 Å². The molecule has 8 nitrogen and oxygen atoms in total. The molecule has 2 aromatic rings. The van der Waals surface area contributed by atoms with E-state index >= 15 is 0 Å². The number of aromatic amines is 1. The highest BCUT2D eigenvalue weighted by molar-refractivity contribution is 5.74. The minimum atomic E-state index is -0.515. The van der Waals surface area contributed by atoms with Crippen molar-refractivity contribution in [2.24, 2.45) is 7.05 Å². The molecule has 3 N–H and O–H groups in total. The first-order chi connectivity index (χ1) is 8.10. The molecule has 8 heteroatoms. The molecule has 2 heterocycles. The van der Waals surface area contributed by atoms with Crippen LogP contribution in [0, 0.1) is 0 Å². The zero-order chi connectivity index (χ0) is 12.6. The lowest BCUT2D eigenvalue weighted by Gasteiger charge is -2.04. The summed E-state index contributed by atoms with van der Waals surface area (Å²) in [6.45, 7) is 0.108. The minimum absolute atomic E-state index is 0.123. The van der Waals surface area contributed by atoms with E-state index in [1.807, 2.05) is 0 Å². The van der Waals surface area contributed by atoms with Crippen molar-refractivity contribution < 1.29 is 5.11 Å². The number of aliphatic hydroxyl groups is 1. The third-order valence-electron chi connectivity index (χ3n) is 2.55. The Bertz CT molecular complexity index is 666. The molecule has 0 aromatic carbocycles. The van der Waals surface area contributed by atoms with Crippen LogP contribution in [0.5, 0.6) is 0 Å². The smallest absolute Gasteiger partial charge is 0.329 e. The number of aliphatic hydroxyl groups excluding tert-OH is 1. The Morgan fingerprint density at radius 3 is 2.76 bits per heavy atom. The van der Waals surface area contributed by atoms with E-state index < -0.39 is 11.2 Å². The number of H-pyrrole nitrogens is 1. The number of hydrogen-bond acceptors (Lipinski definition) is 5. The highest BCUT2D eigenvalue weighted by Crippen LogP contribution is 2.13. The van der Waals surface area contributed by atoms with Crippen LogP contribution in [0.3, 0.4) is 0 Å². The van der Waals surface area contributed by atoms with Gasteiger partial charge in [0.05, 0.1) is 6.61 Å². The molecule has 0 aliphatic rings. The Morgan fingerprint density at radius 1 is 1.47 bits per heavy atom. The number of nitrogens with one attached hydrogen (secondary N) is 2. The summed E-state index contributed by atoms with van der Waals surface area (Å²) in [5.41, 5.74) is -0.466. The SMILES string of the molecule is CNc1nc2c(c(=O)[nH]c(=O)n2C)n1CCO. The van der Waals surface area contributed by atoms with Crippen molar-refractivity contribution in [1.29, 1.82) is 0 Å². The number of imidazole rings is 1. The van der Waals surface area contributed by atoms with Gasteiger partial charge in [0.2, 0.25) is 5.95 Å². The van der Waals surface area contributed by atoms with Crippen LogP contribution in [0.2, 0.25) is 0 Å². The zero-order valence-corrected chi connectivity index (χ0v) is 9.52. The molecule has 0 unspecified atom stereocenters. The van der Waals surface area contributed by atoms with E-state index in [0.717, 1.165) is 0 Å². The number of fused-ring (bicyclic) bond motifs is 1. The second kappa shape index (κ2) is 4.06. The number of hydrogen-bond donors (Lipinski definition) is 3. The van der Waals surface area contributed by atoms with Gasteiger partial charge in [-0.15, -0.1) is 0 Å². The molecule has 0 saturated heterocycles. The van der Waals surface area contributed by atoms with Gasteiger partial charge in [0.15, 0.2) is 11.2 Å². The average Bonchev–Trinajstić information content (AvgIpc) is 2.66. The number of nitrogens with zero attached hydrogens (tertiary/aromatic N) is 3. The average molecular weight is 239 g/mol. The topological polar surface area (TPSA) is 105 Å². The molecular weight excluding hydrogens is 226 g/mol. The predicted molar refractivity (Wildman–Crippen MR) is 62.2 cm³/mol. The van der Waals surface area contributed by atoms with Crippen LogP contribution in [0.25, 0.3) is 11.2 Å². The van der Waals surface area contributed by atoms with Gasteiger partial charge in [0.1, 0.15) is 0 Å². The fourth-order valence-corrected chi connectivity index (χ4v) is 1.74. The lowest BCUT2D eigenvalue weighted by atomic mass is 10.5. The summed E-state index contributed by atoms with van der Waals surface area (Å²) in [4.78, 5) is 29.5. The van der Waals surface area contributed by atoms with Crippen LogP contribution in [0.15, 0.2) is 9.59 Å². The molecule has 0 atom stereocenters. The minimum Gasteiger partial charge on any atom is -0.395 e. The van der Waals surface area contributed by atoms with Gasteiger partial charge in [-0.25, -0.2) is 4.79 Å². The normalized spacial score (nSPS) is 11.0. The molecule has 0 spiro atoms. The third kappa shape index (κ3) is 1.62. The van der Waals surface area contributed by atoms with Crippen LogP contribution in [0.1, 0.15) is 0 Å². The van der Waals surface area contributed by atoms with E-state index in [1.165, 1.54) is 16.2 Å². The summed E-state index contributed by atoms with van der Waals surface area (Å²) < 4.78 is 2.79. The van der Waals surface area contributed by atoms with Crippen LogP contribution in [-0.2, 0) is 13.6 Å². The molecule has 0 aliphatic heterocycles. The largest absolute Gasteiger partial charge is 0.395 e. The quantitative estimate of drug-likeness (QED) is 0.602. The molecule has 2 rings (SSSR count). The molecule has 0 fully saturated rings. The summed E-state index contributed by atoms with van der Waals surface area (Å²) in [5.74, 6) is 0.431. The number of rotatable bonds is 3. The first-order valence-corrected chi connectivity index (χ1v) is 5.08.